The Labute approximate surface area is 354 Å². The first kappa shape index (κ1) is 34.0. The maximum atomic E-state index is 2.49. The van der Waals surface area contributed by atoms with E-state index in [1.807, 2.05) is 0 Å². The van der Waals surface area contributed by atoms with E-state index in [1.165, 1.54) is 93.9 Å². The zero-order valence-corrected chi connectivity index (χ0v) is 33.3. The zero-order chi connectivity index (χ0) is 40.1. The summed E-state index contributed by atoms with van der Waals surface area (Å²) < 4.78 is 2.44. The largest absolute Gasteiger partial charge is 0.310 e. The predicted octanol–water partition coefficient (Wildman–Crippen LogP) is 15.4. The van der Waals surface area contributed by atoms with Gasteiger partial charge in [0.25, 0.3) is 0 Å². The van der Waals surface area contributed by atoms with Gasteiger partial charge in [-0.2, -0.15) is 0 Å². The lowest BCUT2D eigenvalue weighted by molar-refractivity contribution is 0.794. The van der Waals surface area contributed by atoms with Gasteiger partial charge in [0.15, 0.2) is 0 Å². The lowest BCUT2D eigenvalue weighted by Gasteiger charge is -2.31. The normalized spacial score (nSPS) is 14.6. The Hall–Kier alpha value is -7.94. The molecule has 2 heteroatoms. The van der Waals surface area contributed by atoms with E-state index in [4.69, 9.17) is 0 Å². The standard InChI is InChI=1S/C59H38N2/c1-3-17-43(18-4-1)60(46-33-29-39-15-7-8-16-41(39)37-46)45-31-27-40(28-32-45)42-30-34-48-47-21-9-12-24-51(47)59(54(48)38-42)52-25-13-10-22-49(52)57-53(59)35-36-56-58(57)50-23-11-14-26-55(50)61(56)44-19-5-2-6-20-44/h1-38H. The molecule has 2 aliphatic rings. The lowest BCUT2D eigenvalue weighted by atomic mass is 9.70. The number of anilines is 3. The van der Waals surface area contributed by atoms with E-state index in [0.29, 0.717) is 0 Å². The van der Waals surface area contributed by atoms with Crippen LogP contribution in [0, 0.1) is 0 Å². The number of hydrogen-bond acceptors (Lipinski definition) is 1. The van der Waals surface area contributed by atoms with Gasteiger partial charge in [0.1, 0.15) is 0 Å². The van der Waals surface area contributed by atoms with Crippen LogP contribution < -0.4 is 4.90 Å². The Morgan fingerprint density at radius 1 is 0.344 bits per heavy atom. The molecule has 0 radical (unpaired) electrons. The summed E-state index contributed by atoms with van der Waals surface area (Å²) in [6, 6.07) is 85.2. The summed E-state index contributed by atoms with van der Waals surface area (Å²) in [4.78, 5) is 2.35. The number of fused-ring (bicyclic) bond motifs is 15. The van der Waals surface area contributed by atoms with Gasteiger partial charge < -0.3 is 9.47 Å². The first-order chi connectivity index (χ1) is 30.3. The number of hydrogen-bond donors (Lipinski definition) is 0. The van der Waals surface area contributed by atoms with Crippen LogP contribution >= 0.6 is 0 Å². The Bertz CT molecular complexity index is 3530. The molecule has 0 saturated heterocycles. The average molecular weight is 775 g/mol. The quantitative estimate of drug-likeness (QED) is 0.169. The maximum absolute atomic E-state index is 2.49. The van der Waals surface area contributed by atoms with Crippen LogP contribution in [0.1, 0.15) is 22.3 Å². The molecule has 1 atom stereocenters. The Balaban J connectivity index is 1.00. The van der Waals surface area contributed by atoms with E-state index in [-0.39, 0.29) is 0 Å². The van der Waals surface area contributed by atoms with Crippen LogP contribution in [0.5, 0.6) is 0 Å². The van der Waals surface area contributed by atoms with Crippen molar-refractivity contribution >= 4 is 49.6 Å². The van der Waals surface area contributed by atoms with E-state index in [0.717, 1.165) is 17.1 Å². The van der Waals surface area contributed by atoms with E-state index in [1.54, 1.807) is 0 Å². The highest BCUT2D eigenvalue weighted by molar-refractivity contribution is 6.19. The fourth-order valence-corrected chi connectivity index (χ4v) is 10.9. The van der Waals surface area contributed by atoms with Crippen LogP contribution in [0.4, 0.5) is 17.1 Å². The second kappa shape index (κ2) is 13.0. The van der Waals surface area contributed by atoms with Crippen molar-refractivity contribution in [3.8, 4) is 39.1 Å². The summed E-state index contributed by atoms with van der Waals surface area (Å²) >= 11 is 0. The Kier molecular flexibility index (Phi) is 7.26. The van der Waals surface area contributed by atoms with Crippen LogP contribution in [-0.4, -0.2) is 4.57 Å². The molecule has 0 bridgehead atoms. The summed E-state index contributed by atoms with van der Waals surface area (Å²) in [6.07, 6.45) is 0. The van der Waals surface area contributed by atoms with E-state index >= 15 is 0 Å². The van der Waals surface area contributed by atoms with Crippen LogP contribution in [0.25, 0.3) is 71.6 Å². The van der Waals surface area contributed by atoms with Gasteiger partial charge in [-0.3, -0.25) is 0 Å². The van der Waals surface area contributed by atoms with Gasteiger partial charge in [-0.1, -0.05) is 164 Å². The highest BCUT2D eigenvalue weighted by Gasteiger charge is 2.52. The molecular formula is C59H38N2. The van der Waals surface area contributed by atoms with Gasteiger partial charge in [0, 0.05) is 33.5 Å². The molecule has 0 fully saturated rings. The highest BCUT2D eigenvalue weighted by Crippen LogP contribution is 2.64. The molecular weight excluding hydrogens is 737 g/mol. The van der Waals surface area contributed by atoms with Crippen molar-refractivity contribution in [3.05, 3.63) is 253 Å². The summed E-state index contributed by atoms with van der Waals surface area (Å²) in [5.41, 5.74) is 19.6. The minimum absolute atomic E-state index is 0.474. The molecule has 1 aromatic heterocycles. The van der Waals surface area contributed by atoms with Gasteiger partial charge >= 0.3 is 0 Å². The number of para-hydroxylation sites is 3. The van der Waals surface area contributed by atoms with Gasteiger partial charge in [0.05, 0.1) is 16.4 Å². The number of benzene rings is 10. The highest BCUT2D eigenvalue weighted by atomic mass is 15.1. The van der Waals surface area contributed by atoms with Crippen molar-refractivity contribution in [2.24, 2.45) is 0 Å². The van der Waals surface area contributed by atoms with E-state index in [9.17, 15) is 0 Å². The summed E-state index contributed by atoms with van der Waals surface area (Å²) in [6.45, 7) is 0. The van der Waals surface area contributed by atoms with Crippen LogP contribution in [0.2, 0.25) is 0 Å². The summed E-state index contributed by atoms with van der Waals surface area (Å²) in [7, 11) is 0. The summed E-state index contributed by atoms with van der Waals surface area (Å²) in [5, 5.41) is 5.05. The molecule has 0 N–H and O–H groups in total. The second-order valence-corrected chi connectivity index (χ2v) is 16.4. The van der Waals surface area contributed by atoms with Gasteiger partial charge in [0.2, 0.25) is 0 Å². The molecule has 2 nitrogen and oxygen atoms in total. The van der Waals surface area contributed by atoms with Crippen LogP contribution in [-0.2, 0) is 5.41 Å². The van der Waals surface area contributed by atoms with Crippen molar-refractivity contribution in [1.82, 2.24) is 4.57 Å². The van der Waals surface area contributed by atoms with Crippen molar-refractivity contribution in [2.45, 2.75) is 5.41 Å². The van der Waals surface area contributed by atoms with Crippen molar-refractivity contribution in [3.63, 3.8) is 0 Å². The van der Waals surface area contributed by atoms with Crippen molar-refractivity contribution < 1.29 is 0 Å². The molecule has 10 aromatic carbocycles. The molecule has 1 unspecified atom stereocenters. The van der Waals surface area contributed by atoms with Crippen molar-refractivity contribution in [2.75, 3.05) is 4.90 Å². The minimum atomic E-state index is -0.474. The SMILES string of the molecule is c1ccc(N(c2ccc(-c3ccc4c(c3)C3(c5ccccc5-4)c4ccccc4-c4c3ccc3c4c4ccccc4n3-c3ccccc3)cc2)c2ccc3ccccc3c2)cc1. The maximum Gasteiger partial charge on any atom is 0.0726 e. The first-order valence-electron chi connectivity index (χ1n) is 21.2. The summed E-state index contributed by atoms with van der Waals surface area (Å²) in [5.74, 6) is 0. The molecule has 11 aromatic rings. The van der Waals surface area contributed by atoms with Crippen LogP contribution in [0.15, 0.2) is 231 Å². The first-order valence-corrected chi connectivity index (χ1v) is 21.2. The second-order valence-electron chi connectivity index (χ2n) is 16.4. The third kappa shape index (κ3) is 4.79. The Morgan fingerprint density at radius 2 is 0.951 bits per heavy atom. The zero-order valence-electron chi connectivity index (χ0n) is 33.3. The lowest BCUT2D eigenvalue weighted by Crippen LogP contribution is -2.25. The molecule has 2 aliphatic carbocycles. The fraction of sp³-hybridized carbons (Fsp3) is 0.0169. The molecule has 0 aliphatic heterocycles. The van der Waals surface area contributed by atoms with Gasteiger partial charge in [-0.05, 0) is 133 Å². The molecule has 0 saturated carbocycles. The molecule has 1 heterocycles. The van der Waals surface area contributed by atoms with Crippen LogP contribution in [0.3, 0.4) is 0 Å². The monoisotopic (exact) mass is 774 g/mol. The van der Waals surface area contributed by atoms with Crippen molar-refractivity contribution in [1.29, 1.82) is 0 Å². The molecule has 1 spiro atoms. The molecule has 61 heavy (non-hydrogen) atoms. The topological polar surface area (TPSA) is 8.17 Å². The smallest absolute Gasteiger partial charge is 0.0726 e. The molecule has 13 rings (SSSR count). The number of nitrogens with zero attached hydrogens (tertiary/aromatic N) is 2. The predicted molar refractivity (Wildman–Crippen MR) is 255 cm³/mol. The molecule has 0 amide bonds. The number of rotatable bonds is 5. The molecule has 284 valence electrons. The van der Waals surface area contributed by atoms with Gasteiger partial charge in [-0.15, -0.1) is 0 Å². The fourth-order valence-electron chi connectivity index (χ4n) is 10.9. The Morgan fingerprint density at radius 3 is 1.77 bits per heavy atom. The number of aromatic nitrogens is 1. The third-order valence-corrected chi connectivity index (χ3v) is 13.4. The minimum Gasteiger partial charge on any atom is -0.310 e. The average Bonchev–Trinajstić information content (AvgIpc) is 3.94. The van der Waals surface area contributed by atoms with E-state index < -0.39 is 5.41 Å². The van der Waals surface area contributed by atoms with Gasteiger partial charge in [-0.25, -0.2) is 0 Å². The van der Waals surface area contributed by atoms with E-state index in [2.05, 4.69) is 240 Å². The third-order valence-electron chi connectivity index (χ3n) is 13.4.